The van der Waals surface area contributed by atoms with Gasteiger partial charge in [0.25, 0.3) is 5.91 Å². The van der Waals surface area contributed by atoms with E-state index in [0.717, 1.165) is 0 Å². The third kappa shape index (κ3) is 4.92. The van der Waals surface area contributed by atoms with Crippen LogP contribution in [0.5, 0.6) is 5.75 Å². The Hall–Kier alpha value is -4.08. The molecule has 0 aliphatic heterocycles. The second-order valence-electron chi connectivity index (χ2n) is 6.54. The molecular weight excluding hydrogens is 411 g/mol. The molecule has 0 saturated carbocycles. The summed E-state index contributed by atoms with van der Waals surface area (Å²) in [4.78, 5) is 12.5. The molecule has 0 unspecified atom stereocenters. The number of hydrogen-bond acceptors (Lipinski definition) is 4. The van der Waals surface area contributed by atoms with E-state index < -0.39 is 12.5 Å². The molecule has 0 aliphatic rings. The maximum Gasteiger partial charge on any atom is 0.387 e. The van der Waals surface area contributed by atoms with Gasteiger partial charge >= 0.3 is 6.61 Å². The molecule has 0 bridgehead atoms. The largest absolute Gasteiger partial charge is 0.435 e. The Kier molecular flexibility index (Phi) is 5.69. The minimum atomic E-state index is -2.90. The van der Waals surface area contributed by atoms with E-state index in [4.69, 9.17) is 0 Å². The minimum absolute atomic E-state index is 0.0275. The number of ether oxygens (including phenoxy) is 1. The number of rotatable bonds is 7. The van der Waals surface area contributed by atoms with E-state index in [1.165, 1.54) is 35.1 Å². The van der Waals surface area contributed by atoms with Crippen LogP contribution in [-0.4, -0.2) is 32.5 Å². The Morgan fingerprint density at radius 2 is 1.94 bits per heavy atom. The summed E-state index contributed by atoms with van der Waals surface area (Å²) in [5.41, 5.74) is 2.20. The summed E-state index contributed by atoms with van der Waals surface area (Å²) >= 11 is 0. The number of nitrogens with zero attached hydrogens (tertiary/aromatic N) is 3. The number of halogens is 3. The molecular formula is C21H16F3N5O2. The summed E-state index contributed by atoms with van der Waals surface area (Å²) in [6, 6.07) is 13.8. The predicted molar refractivity (Wildman–Crippen MR) is 106 cm³/mol. The standard InChI is InChI=1S/C21H16F3N5O2/c22-17-4-2-1-3-14(17)11-29-12-15(10-25-29)26-20(30)19-9-18(27-28-19)13-5-7-16(8-6-13)31-21(23)24/h1-10,12,21H,11H2,(H,26,30)(H,27,28). The fourth-order valence-electron chi connectivity index (χ4n) is 2.91. The topological polar surface area (TPSA) is 84.8 Å². The Morgan fingerprint density at radius 3 is 2.68 bits per heavy atom. The summed E-state index contributed by atoms with van der Waals surface area (Å²) in [7, 11) is 0. The van der Waals surface area contributed by atoms with Gasteiger partial charge in [0.2, 0.25) is 0 Å². The number of anilines is 1. The van der Waals surface area contributed by atoms with E-state index in [1.807, 2.05) is 0 Å². The van der Waals surface area contributed by atoms with Crippen LogP contribution in [0.3, 0.4) is 0 Å². The van der Waals surface area contributed by atoms with E-state index in [2.05, 4.69) is 25.3 Å². The van der Waals surface area contributed by atoms with Crippen LogP contribution in [0.4, 0.5) is 18.9 Å². The van der Waals surface area contributed by atoms with Crippen molar-refractivity contribution >= 4 is 11.6 Å². The van der Waals surface area contributed by atoms with Crippen molar-refractivity contribution in [2.75, 3.05) is 5.32 Å². The van der Waals surface area contributed by atoms with E-state index in [-0.39, 0.29) is 23.8 Å². The van der Waals surface area contributed by atoms with Crippen molar-refractivity contribution in [1.82, 2.24) is 20.0 Å². The van der Waals surface area contributed by atoms with Crippen LogP contribution in [-0.2, 0) is 6.54 Å². The minimum Gasteiger partial charge on any atom is -0.435 e. The number of benzene rings is 2. The summed E-state index contributed by atoms with van der Waals surface area (Å²) in [6.45, 7) is -2.68. The highest BCUT2D eigenvalue weighted by Gasteiger charge is 2.13. The zero-order valence-corrected chi connectivity index (χ0v) is 15.9. The first-order valence-corrected chi connectivity index (χ1v) is 9.16. The molecule has 2 aromatic heterocycles. The first kappa shape index (κ1) is 20.2. The van der Waals surface area contributed by atoms with Crippen LogP contribution in [0.15, 0.2) is 67.0 Å². The van der Waals surface area contributed by atoms with E-state index in [9.17, 15) is 18.0 Å². The maximum absolute atomic E-state index is 13.8. The summed E-state index contributed by atoms with van der Waals surface area (Å²) in [5, 5.41) is 13.5. The Labute approximate surface area is 174 Å². The summed E-state index contributed by atoms with van der Waals surface area (Å²) < 4.78 is 44.1. The van der Waals surface area contributed by atoms with Crippen LogP contribution in [0.25, 0.3) is 11.3 Å². The smallest absolute Gasteiger partial charge is 0.387 e. The van der Waals surface area contributed by atoms with Crippen molar-refractivity contribution in [3.05, 3.63) is 84.1 Å². The fourth-order valence-corrected chi connectivity index (χ4v) is 2.91. The molecule has 0 spiro atoms. The normalized spacial score (nSPS) is 11.0. The molecule has 0 saturated heterocycles. The van der Waals surface area contributed by atoms with Gasteiger partial charge in [0, 0.05) is 17.3 Å². The quantitative estimate of drug-likeness (QED) is 0.460. The third-order valence-electron chi connectivity index (χ3n) is 4.38. The van der Waals surface area contributed by atoms with Crippen LogP contribution >= 0.6 is 0 Å². The molecule has 2 heterocycles. The zero-order chi connectivity index (χ0) is 21.8. The lowest BCUT2D eigenvalue weighted by molar-refractivity contribution is -0.0498. The van der Waals surface area contributed by atoms with Crippen molar-refractivity contribution in [2.45, 2.75) is 13.2 Å². The number of amides is 1. The van der Waals surface area contributed by atoms with E-state index in [1.54, 1.807) is 36.5 Å². The van der Waals surface area contributed by atoms with Gasteiger partial charge in [-0.2, -0.15) is 19.0 Å². The molecule has 0 atom stereocenters. The van der Waals surface area contributed by atoms with Gasteiger partial charge in [0.15, 0.2) is 0 Å². The van der Waals surface area contributed by atoms with Gasteiger partial charge in [-0.05, 0) is 36.4 Å². The molecule has 2 N–H and O–H groups in total. The van der Waals surface area contributed by atoms with Crippen LogP contribution in [0.2, 0.25) is 0 Å². The van der Waals surface area contributed by atoms with Crippen LogP contribution < -0.4 is 10.1 Å². The molecule has 0 aliphatic carbocycles. The second-order valence-corrected chi connectivity index (χ2v) is 6.54. The van der Waals surface area contributed by atoms with E-state index >= 15 is 0 Å². The second kappa shape index (κ2) is 8.74. The van der Waals surface area contributed by atoms with Crippen molar-refractivity contribution in [3.63, 3.8) is 0 Å². The monoisotopic (exact) mass is 427 g/mol. The lowest BCUT2D eigenvalue weighted by Gasteiger charge is -2.04. The molecule has 0 radical (unpaired) electrons. The number of nitrogens with one attached hydrogen (secondary N) is 2. The van der Waals surface area contributed by atoms with Crippen molar-refractivity contribution in [2.24, 2.45) is 0 Å². The summed E-state index contributed by atoms with van der Waals surface area (Å²) in [5.74, 6) is -0.746. The van der Waals surface area contributed by atoms with Gasteiger partial charge in [-0.25, -0.2) is 4.39 Å². The molecule has 0 fully saturated rings. The van der Waals surface area contributed by atoms with E-state index in [0.29, 0.717) is 22.5 Å². The highest BCUT2D eigenvalue weighted by Crippen LogP contribution is 2.22. The predicted octanol–water partition coefficient (Wildman–Crippen LogP) is 4.31. The van der Waals surface area contributed by atoms with Gasteiger partial charge in [0.05, 0.1) is 24.1 Å². The zero-order valence-electron chi connectivity index (χ0n) is 15.9. The molecule has 1 amide bonds. The van der Waals surface area contributed by atoms with Crippen molar-refractivity contribution in [3.8, 4) is 17.0 Å². The number of alkyl halides is 2. The van der Waals surface area contributed by atoms with Gasteiger partial charge in [-0.3, -0.25) is 14.6 Å². The number of aromatic nitrogens is 4. The molecule has 4 aromatic rings. The highest BCUT2D eigenvalue weighted by atomic mass is 19.3. The maximum atomic E-state index is 13.8. The first-order valence-electron chi connectivity index (χ1n) is 9.16. The lowest BCUT2D eigenvalue weighted by Crippen LogP contribution is -2.11. The van der Waals surface area contributed by atoms with Crippen LogP contribution in [0, 0.1) is 5.82 Å². The van der Waals surface area contributed by atoms with Gasteiger partial charge in [-0.1, -0.05) is 18.2 Å². The highest BCUT2D eigenvalue weighted by molar-refractivity contribution is 6.03. The van der Waals surface area contributed by atoms with Gasteiger partial charge in [0.1, 0.15) is 17.3 Å². The Morgan fingerprint density at radius 1 is 1.16 bits per heavy atom. The number of aromatic amines is 1. The van der Waals surface area contributed by atoms with Gasteiger partial charge < -0.3 is 10.1 Å². The third-order valence-corrected chi connectivity index (χ3v) is 4.38. The number of carbonyl (C=O) groups excluding carboxylic acids is 1. The average molecular weight is 427 g/mol. The number of H-pyrrole nitrogens is 1. The molecule has 2 aromatic carbocycles. The van der Waals surface area contributed by atoms with Crippen molar-refractivity contribution < 1.29 is 22.7 Å². The molecule has 31 heavy (non-hydrogen) atoms. The molecule has 10 heteroatoms. The first-order chi connectivity index (χ1) is 15.0. The molecule has 4 rings (SSSR count). The van der Waals surface area contributed by atoms with Crippen LogP contribution in [0.1, 0.15) is 16.1 Å². The lowest BCUT2D eigenvalue weighted by atomic mass is 10.1. The Bertz CT molecular complexity index is 1190. The molecule has 7 nitrogen and oxygen atoms in total. The van der Waals surface area contributed by atoms with Crippen molar-refractivity contribution in [1.29, 1.82) is 0 Å². The Balaban J connectivity index is 1.40. The summed E-state index contributed by atoms with van der Waals surface area (Å²) in [6.07, 6.45) is 3.04. The fraction of sp³-hybridized carbons (Fsp3) is 0.0952. The SMILES string of the molecule is O=C(Nc1cnn(Cc2ccccc2F)c1)c1cc(-c2ccc(OC(F)F)cc2)n[nH]1. The average Bonchev–Trinajstić information content (AvgIpc) is 3.40. The van der Waals surface area contributed by atoms with Gasteiger partial charge in [-0.15, -0.1) is 0 Å². The molecule has 158 valence electrons. The number of hydrogen-bond donors (Lipinski definition) is 2. The number of carbonyl (C=O) groups is 1.